The van der Waals surface area contributed by atoms with Gasteiger partial charge in [-0.2, -0.15) is 18.3 Å². The molecule has 0 spiro atoms. The van der Waals surface area contributed by atoms with Crippen molar-refractivity contribution in [2.24, 2.45) is 5.92 Å². The van der Waals surface area contributed by atoms with E-state index in [1.807, 2.05) is 0 Å². The fourth-order valence-electron chi connectivity index (χ4n) is 5.16. The van der Waals surface area contributed by atoms with E-state index in [0.717, 1.165) is 18.3 Å². The minimum Gasteiger partial charge on any atom is -0.481 e. The monoisotopic (exact) mass is 631 g/mol. The summed E-state index contributed by atoms with van der Waals surface area (Å²) in [5.41, 5.74) is -1.92. The molecule has 4 rings (SSSR count). The molecule has 1 aliphatic carbocycles. The van der Waals surface area contributed by atoms with Gasteiger partial charge in [-0.1, -0.05) is 23.2 Å². The van der Waals surface area contributed by atoms with E-state index in [1.165, 1.54) is 12.1 Å². The van der Waals surface area contributed by atoms with Crippen molar-refractivity contribution in [3.05, 3.63) is 86.2 Å². The normalized spacial score (nSPS) is 17.2. The summed E-state index contributed by atoms with van der Waals surface area (Å²) in [5.74, 6) is -5.80. The van der Waals surface area contributed by atoms with Crippen LogP contribution in [0.4, 0.5) is 22.0 Å². The Bertz CT molecular complexity index is 1490. The second kappa shape index (κ2) is 12.4. The van der Waals surface area contributed by atoms with Crippen molar-refractivity contribution in [2.75, 3.05) is 6.54 Å². The van der Waals surface area contributed by atoms with E-state index in [-0.39, 0.29) is 46.9 Å². The predicted molar refractivity (Wildman–Crippen MR) is 142 cm³/mol. The number of amides is 1. The number of carbonyl (C=O) groups excluding carboxylic acids is 2. The highest BCUT2D eigenvalue weighted by Crippen LogP contribution is 2.39. The molecule has 0 atom stereocenters. The lowest BCUT2D eigenvalue weighted by Crippen LogP contribution is -2.37. The van der Waals surface area contributed by atoms with Crippen LogP contribution < -0.4 is 0 Å². The summed E-state index contributed by atoms with van der Waals surface area (Å²) >= 11 is 12.4. The van der Waals surface area contributed by atoms with Crippen molar-refractivity contribution in [1.82, 2.24) is 14.7 Å². The first-order valence-corrected chi connectivity index (χ1v) is 13.5. The molecule has 2 aromatic carbocycles. The smallest absolute Gasteiger partial charge is 0.433 e. The Labute approximate surface area is 246 Å². The first kappa shape index (κ1) is 31.4. The molecule has 1 aliphatic rings. The maximum atomic E-state index is 14.4. The molecule has 0 bridgehead atoms. The molecule has 7 nitrogen and oxygen atoms in total. The predicted octanol–water partition coefficient (Wildman–Crippen LogP) is 7.14. The van der Waals surface area contributed by atoms with Gasteiger partial charge < -0.3 is 10.0 Å². The Balaban J connectivity index is 1.73. The molecular weight excluding hydrogens is 608 g/mol. The minimum absolute atomic E-state index is 0.0463. The zero-order valence-electron chi connectivity index (χ0n) is 22.0. The number of aromatic nitrogens is 2. The highest BCUT2D eigenvalue weighted by atomic mass is 35.5. The molecular formula is C28H24Cl2F5N3O4. The molecule has 1 N–H and O–H groups in total. The molecule has 0 radical (unpaired) electrons. The summed E-state index contributed by atoms with van der Waals surface area (Å²) in [7, 11) is 0. The number of alkyl halides is 3. The lowest BCUT2D eigenvalue weighted by Gasteiger charge is -2.28. The summed E-state index contributed by atoms with van der Waals surface area (Å²) in [6.07, 6.45) is -3.90. The third kappa shape index (κ3) is 6.92. The van der Waals surface area contributed by atoms with Gasteiger partial charge in [0.15, 0.2) is 11.5 Å². The first-order valence-electron chi connectivity index (χ1n) is 12.8. The number of halogens is 7. The van der Waals surface area contributed by atoms with E-state index >= 15 is 0 Å². The minimum atomic E-state index is -5.06. The molecule has 0 aliphatic heterocycles. The van der Waals surface area contributed by atoms with E-state index < -0.39 is 71.8 Å². The van der Waals surface area contributed by atoms with Crippen LogP contribution in [0.2, 0.25) is 10.0 Å². The number of rotatable bonds is 8. The standard InChI is InChI=1S/C28H24Cl2F5N3O4/c1-14-6-21(29)24(22(30)7-14)23(39)13-37(12-15-8-17(31)10-18(32)9-15)26(40)20-11-36-38(25(20)28(33,34)35)19-4-2-16(3-5-19)27(41)42/h6-11,16,19H,2-5,12-13H2,1H3,(H,41,42)/t16-,19-. The van der Waals surface area contributed by atoms with Gasteiger partial charge in [0.1, 0.15) is 11.6 Å². The largest absolute Gasteiger partial charge is 0.481 e. The molecule has 1 aromatic heterocycles. The fraction of sp³-hybridized carbons (Fsp3) is 0.357. The summed E-state index contributed by atoms with van der Waals surface area (Å²) in [4.78, 5) is 39.0. The average molecular weight is 632 g/mol. The number of aliphatic carboxylic acids is 1. The topological polar surface area (TPSA) is 92.5 Å². The Morgan fingerprint density at radius 3 is 2.10 bits per heavy atom. The number of ketones is 1. The third-order valence-corrected chi connectivity index (χ3v) is 7.67. The van der Waals surface area contributed by atoms with Crippen LogP contribution in [-0.4, -0.2) is 44.0 Å². The average Bonchev–Trinajstić information content (AvgIpc) is 3.33. The maximum Gasteiger partial charge on any atom is 0.433 e. The van der Waals surface area contributed by atoms with Gasteiger partial charge in [0, 0.05) is 12.6 Å². The van der Waals surface area contributed by atoms with Crippen LogP contribution in [0.5, 0.6) is 0 Å². The summed E-state index contributed by atoms with van der Waals surface area (Å²) < 4.78 is 71.7. The van der Waals surface area contributed by atoms with Gasteiger partial charge in [-0.15, -0.1) is 0 Å². The lowest BCUT2D eigenvalue weighted by molar-refractivity contribution is -0.147. The third-order valence-electron chi connectivity index (χ3n) is 7.07. The lowest BCUT2D eigenvalue weighted by atomic mass is 9.86. The van der Waals surface area contributed by atoms with Gasteiger partial charge in [-0.25, -0.2) is 8.78 Å². The molecule has 1 amide bonds. The fourth-order valence-corrected chi connectivity index (χ4v) is 5.96. The van der Waals surface area contributed by atoms with Crippen LogP contribution in [0.1, 0.15) is 69.3 Å². The van der Waals surface area contributed by atoms with E-state index in [1.54, 1.807) is 6.92 Å². The van der Waals surface area contributed by atoms with Crippen LogP contribution in [0.15, 0.2) is 36.5 Å². The van der Waals surface area contributed by atoms with Gasteiger partial charge in [0.25, 0.3) is 5.91 Å². The number of hydrogen-bond acceptors (Lipinski definition) is 4. The van der Waals surface area contributed by atoms with Crippen molar-refractivity contribution < 1.29 is 41.4 Å². The molecule has 0 saturated heterocycles. The van der Waals surface area contributed by atoms with E-state index in [9.17, 15) is 41.4 Å². The maximum absolute atomic E-state index is 14.4. The zero-order chi connectivity index (χ0) is 30.9. The number of aryl methyl sites for hydroxylation is 1. The number of benzene rings is 2. The molecule has 42 heavy (non-hydrogen) atoms. The van der Waals surface area contributed by atoms with Crippen molar-refractivity contribution in [3.8, 4) is 0 Å². The second-order valence-corrected chi connectivity index (χ2v) is 11.0. The first-order chi connectivity index (χ1) is 19.6. The number of carbonyl (C=O) groups is 3. The van der Waals surface area contributed by atoms with Gasteiger partial charge in [-0.05, 0) is 68.0 Å². The van der Waals surface area contributed by atoms with Gasteiger partial charge in [0.05, 0.1) is 45.9 Å². The van der Waals surface area contributed by atoms with Crippen LogP contribution >= 0.6 is 23.2 Å². The molecule has 1 saturated carbocycles. The zero-order valence-corrected chi connectivity index (χ0v) is 23.5. The Morgan fingerprint density at radius 2 is 1.57 bits per heavy atom. The van der Waals surface area contributed by atoms with Crippen molar-refractivity contribution in [3.63, 3.8) is 0 Å². The second-order valence-electron chi connectivity index (χ2n) is 10.2. The van der Waals surface area contributed by atoms with Crippen molar-refractivity contribution in [1.29, 1.82) is 0 Å². The Kier molecular flexibility index (Phi) is 9.27. The number of carboxylic acid groups (broad SMARTS) is 1. The highest BCUT2D eigenvalue weighted by molar-refractivity contribution is 6.40. The molecule has 1 heterocycles. The van der Waals surface area contributed by atoms with E-state index in [0.29, 0.717) is 21.2 Å². The summed E-state index contributed by atoms with van der Waals surface area (Å²) in [6.45, 7) is 0.211. The quantitative estimate of drug-likeness (QED) is 0.211. The summed E-state index contributed by atoms with van der Waals surface area (Å²) in [5, 5.41) is 13.0. The SMILES string of the molecule is Cc1cc(Cl)c(C(=O)CN(Cc2cc(F)cc(F)c2)C(=O)c2cnn([C@H]3CC[C@H](C(=O)O)CC3)c2C(F)(F)F)c(Cl)c1. The molecule has 14 heteroatoms. The van der Waals surface area contributed by atoms with Crippen LogP contribution in [0, 0.1) is 24.5 Å². The Hall–Kier alpha value is -3.51. The molecule has 1 fully saturated rings. The number of carboxylic acids is 1. The Morgan fingerprint density at radius 1 is 1.00 bits per heavy atom. The van der Waals surface area contributed by atoms with Crippen molar-refractivity contribution >= 4 is 40.9 Å². The molecule has 0 unspecified atom stereocenters. The van der Waals surface area contributed by atoms with Crippen LogP contribution in [-0.2, 0) is 17.5 Å². The molecule has 224 valence electrons. The van der Waals surface area contributed by atoms with Gasteiger partial charge in [0.2, 0.25) is 0 Å². The number of hydrogen-bond donors (Lipinski definition) is 1. The van der Waals surface area contributed by atoms with Gasteiger partial charge in [-0.3, -0.25) is 19.1 Å². The highest BCUT2D eigenvalue weighted by Gasteiger charge is 2.43. The van der Waals surface area contributed by atoms with E-state index in [2.05, 4.69) is 5.10 Å². The van der Waals surface area contributed by atoms with Gasteiger partial charge >= 0.3 is 12.1 Å². The van der Waals surface area contributed by atoms with Crippen molar-refractivity contribution in [2.45, 2.75) is 51.4 Å². The number of Topliss-reactive ketones (excluding diaryl/α,β-unsaturated/α-hetero) is 1. The number of nitrogens with zero attached hydrogens (tertiary/aromatic N) is 3. The summed E-state index contributed by atoms with van der Waals surface area (Å²) in [6, 6.07) is 4.41. The van der Waals surface area contributed by atoms with Crippen LogP contribution in [0.25, 0.3) is 0 Å². The van der Waals surface area contributed by atoms with Crippen LogP contribution in [0.3, 0.4) is 0 Å². The molecule has 3 aromatic rings. The van der Waals surface area contributed by atoms with E-state index in [4.69, 9.17) is 23.2 Å².